The summed E-state index contributed by atoms with van der Waals surface area (Å²) >= 11 is 0. The molecule has 0 spiro atoms. The summed E-state index contributed by atoms with van der Waals surface area (Å²) in [5, 5.41) is 10.1. The van der Waals surface area contributed by atoms with Gasteiger partial charge in [0, 0.05) is 6.42 Å². The lowest BCUT2D eigenvalue weighted by atomic mass is 10.4. The maximum absolute atomic E-state index is 10.1. The van der Waals surface area contributed by atoms with Gasteiger partial charge in [0.25, 0.3) is 0 Å². The maximum atomic E-state index is 10.1. The first-order chi connectivity index (χ1) is 2.81. The summed E-state index contributed by atoms with van der Waals surface area (Å²) in [5.74, 6) is 0.218. The highest BCUT2D eigenvalue weighted by Gasteiger charge is 1.81. The molecule has 0 atom stereocenters. The zero-order valence-electron chi connectivity index (χ0n) is 4.19. The van der Waals surface area contributed by atoms with Gasteiger partial charge in [-0.1, -0.05) is 6.92 Å². The van der Waals surface area contributed by atoms with E-state index in [2.05, 4.69) is 0 Å². The van der Waals surface area contributed by atoms with E-state index in [1.807, 2.05) is 6.92 Å². The largest absolute Gasteiger partial charge is 0.295 e. The van der Waals surface area contributed by atoms with E-state index in [9.17, 15) is 5.11 Å². The molecule has 0 saturated carbocycles. The SMILES string of the molecule is C/C=C(\[O])CC. The maximum Gasteiger partial charge on any atom is 0.151 e. The molecule has 0 aliphatic heterocycles. The summed E-state index contributed by atoms with van der Waals surface area (Å²) in [5.41, 5.74) is 0. The molecule has 0 bridgehead atoms. The van der Waals surface area contributed by atoms with Crippen molar-refractivity contribution in [3.63, 3.8) is 0 Å². The molecular weight excluding hydrogens is 76.1 g/mol. The van der Waals surface area contributed by atoms with Crippen molar-refractivity contribution in [3.05, 3.63) is 11.8 Å². The second-order valence-electron chi connectivity index (χ2n) is 1.11. The van der Waals surface area contributed by atoms with Crippen LogP contribution < -0.4 is 0 Å². The van der Waals surface area contributed by atoms with Crippen LogP contribution >= 0.6 is 0 Å². The third-order valence-electron chi connectivity index (χ3n) is 0.670. The van der Waals surface area contributed by atoms with Crippen LogP contribution in [0, 0.1) is 0 Å². The first kappa shape index (κ1) is 5.54. The van der Waals surface area contributed by atoms with Crippen LogP contribution in [-0.4, -0.2) is 0 Å². The minimum Gasteiger partial charge on any atom is -0.295 e. The van der Waals surface area contributed by atoms with Gasteiger partial charge in [0.15, 0.2) is 5.76 Å². The molecule has 0 aromatic carbocycles. The van der Waals surface area contributed by atoms with Gasteiger partial charge in [-0.15, -0.1) is 0 Å². The first-order valence-corrected chi connectivity index (χ1v) is 2.13. The Hall–Kier alpha value is -0.460. The van der Waals surface area contributed by atoms with Crippen molar-refractivity contribution >= 4 is 0 Å². The van der Waals surface area contributed by atoms with Gasteiger partial charge in [0.1, 0.15) is 0 Å². The van der Waals surface area contributed by atoms with Gasteiger partial charge in [-0.25, -0.2) is 0 Å². The summed E-state index contributed by atoms with van der Waals surface area (Å²) in [4.78, 5) is 0. The number of rotatable bonds is 1. The molecule has 1 heteroatoms. The lowest BCUT2D eigenvalue weighted by Gasteiger charge is -1.78. The molecule has 0 aromatic heterocycles. The Morgan fingerprint density at radius 1 is 1.83 bits per heavy atom. The Labute approximate surface area is 38.3 Å². The third kappa shape index (κ3) is 1.82. The normalized spacial score (nSPS) is 12.0. The highest BCUT2D eigenvalue weighted by molar-refractivity contribution is 4.84. The fourth-order valence-electron chi connectivity index (χ4n) is 0.204. The number of allylic oxidation sites excluding steroid dienone is 2. The van der Waals surface area contributed by atoms with Gasteiger partial charge < -0.3 is 0 Å². The smallest absolute Gasteiger partial charge is 0.151 e. The monoisotopic (exact) mass is 85.1 g/mol. The van der Waals surface area contributed by atoms with Crippen LogP contribution in [0.4, 0.5) is 0 Å². The van der Waals surface area contributed by atoms with E-state index in [0.717, 1.165) is 0 Å². The van der Waals surface area contributed by atoms with Gasteiger partial charge in [-0.05, 0) is 13.0 Å². The quantitative estimate of drug-likeness (QED) is 0.432. The molecule has 0 fully saturated rings. The molecule has 0 aromatic rings. The molecule has 35 valence electrons. The second kappa shape index (κ2) is 2.76. The van der Waals surface area contributed by atoms with Gasteiger partial charge >= 0.3 is 0 Å². The van der Waals surface area contributed by atoms with E-state index in [1.54, 1.807) is 13.0 Å². The Balaban J connectivity index is 3.22. The predicted molar refractivity (Wildman–Crippen MR) is 24.7 cm³/mol. The van der Waals surface area contributed by atoms with Crippen molar-refractivity contribution in [2.24, 2.45) is 0 Å². The van der Waals surface area contributed by atoms with E-state index in [1.165, 1.54) is 0 Å². The second-order valence-corrected chi connectivity index (χ2v) is 1.11. The van der Waals surface area contributed by atoms with Crippen LogP contribution in [0.15, 0.2) is 11.8 Å². The molecular formula is C5H9O. The van der Waals surface area contributed by atoms with Gasteiger partial charge in [0.05, 0.1) is 0 Å². The highest BCUT2D eigenvalue weighted by atomic mass is 16.3. The van der Waals surface area contributed by atoms with Crippen molar-refractivity contribution in [1.82, 2.24) is 0 Å². The van der Waals surface area contributed by atoms with Crippen LogP contribution in [0.1, 0.15) is 20.3 Å². The summed E-state index contributed by atoms with van der Waals surface area (Å²) < 4.78 is 0. The molecule has 1 radical (unpaired) electrons. The molecule has 0 unspecified atom stereocenters. The minimum absolute atomic E-state index is 0.218. The molecule has 0 rings (SSSR count). The van der Waals surface area contributed by atoms with E-state index >= 15 is 0 Å². The topological polar surface area (TPSA) is 19.9 Å². The highest BCUT2D eigenvalue weighted by Crippen LogP contribution is 1.91. The summed E-state index contributed by atoms with van der Waals surface area (Å²) in [6.07, 6.45) is 2.22. The molecule has 0 aliphatic carbocycles. The van der Waals surface area contributed by atoms with Crippen LogP contribution in [0.2, 0.25) is 0 Å². The van der Waals surface area contributed by atoms with Crippen molar-refractivity contribution in [3.8, 4) is 0 Å². The summed E-state index contributed by atoms with van der Waals surface area (Å²) in [7, 11) is 0. The van der Waals surface area contributed by atoms with Gasteiger partial charge in [0.2, 0.25) is 0 Å². The van der Waals surface area contributed by atoms with Crippen LogP contribution in [0.5, 0.6) is 0 Å². The summed E-state index contributed by atoms with van der Waals surface area (Å²) in [6, 6.07) is 0. The number of hydrogen-bond acceptors (Lipinski definition) is 0. The molecule has 6 heavy (non-hydrogen) atoms. The van der Waals surface area contributed by atoms with E-state index < -0.39 is 0 Å². The Morgan fingerprint density at radius 3 is 2.33 bits per heavy atom. The van der Waals surface area contributed by atoms with Gasteiger partial charge in [-0.2, -0.15) is 0 Å². The average Bonchev–Trinajstić information content (AvgIpc) is 1.65. The molecule has 0 aliphatic rings. The third-order valence-corrected chi connectivity index (χ3v) is 0.670. The lowest BCUT2D eigenvalue weighted by molar-refractivity contribution is 0.284. The van der Waals surface area contributed by atoms with E-state index in [0.29, 0.717) is 6.42 Å². The van der Waals surface area contributed by atoms with E-state index in [4.69, 9.17) is 0 Å². The lowest BCUT2D eigenvalue weighted by Crippen LogP contribution is -1.67. The van der Waals surface area contributed by atoms with E-state index in [-0.39, 0.29) is 5.76 Å². The average molecular weight is 85.1 g/mol. The molecule has 0 heterocycles. The minimum atomic E-state index is 0.218. The van der Waals surface area contributed by atoms with Crippen LogP contribution in [0.3, 0.4) is 0 Å². The zero-order chi connectivity index (χ0) is 4.99. The predicted octanol–water partition coefficient (Wildman–Crippen LogP) is 1.73. The molecule has 0 saturated heterocycles. The Bertz CT molecular complexity index is 55.0. The van der Waals surface area contributed by atoms with Crippen molar-refractivity contribution in [1.29, 1.82) is 0 Å². The Morgan fingerprint density at radius 2 is 2.33 bits per heavy atom. The fourth-order valence-corrected chi connectivity index (χ4v) is 0.204. The number of hydrogen-bond donors (Lipinski definition) is 0. The Kier molecular flexibility index (Phi) is 2.55. The van der Waals surface area contributed by atoms with Crippen LogP contribution in [-0.2, 0) is 5.11 Å². The summed E-state index contributed by atoms with van der Waals surface area (Å²) in [6.45, 7) is 3.61. The fraction of sp³-hybridized carbons (Fsp3) is 0.600. The van der Waals surface area contributed by atoms with Crippen molar-refractivity contribution < 1.29 is 5.11 Å². The van der Waals surface area contributed by atoms with Gasteiger partial charge in [-0.3, -0.25) is 5.11 Å². The first-order valence-electron chi connectivity index (χ1n) is 2.13. The molecule has 1 nitrogen and oxygen atoms in total. The molecule has 0 N–H and O–H groups in total. The standard InChI is InChI=1S/C5H9O/c1-3-5(6)4-2/h3H,4H2,1-2H3/b5-3-. The van der Waals surface area contributed by atoms with Crippen molar-refractivity contribution in [2.45, 2.75) is 20.3 Å². The molecule has 0 amide bonds. The zero-order valence-corrected chi connectivity index (χ0v) is 4.19. The van der Waals surface area contributed by atoms with Crippen molar-refractivity contribution in [2.75, 3.05) is 0 Å². The van der Waals surface area contributed by atoms with Crippen LogP contribution in [0.25, 0.3) is 0 Å².